The maximum absolute atomic E-state index is 11.3. The van der Waals surface area contributed by atoms with Crippen LogP contribution in [0.25, 0.3) is 0 Å². The fourth-order valence-electron chi connectivity index (χ4n) is 1.59. The van der Waals surface area contributed by atoms with E-state index < -0.39 is 0 Å². The highest BCUT2D eigenvalue weighted by Crippen LogP contribution is 2.36. The van der Waals surface area contributed by atoms with Gasteiger partial charge in [-0.2, -0.15) is 0 Å². The first-order valence-corrected chi connectivity index (χ1v) is 6.59. The van der Waals surface area contributed by atoms with Crippen LogP contribution in [0.2, 0.25) is 0 Å². The Morgan fingerprint density at radius 2 is 2.05 bits per heavy atom. The van der Waals surface area contributed by atoms with Crippen LogP contribution in [-0.2, 0) is 0 Å². The number of benzene rings is 1. The summed E-state index contributed by atoms with van der Waals surface area (Å²) in [5.41, 5.74) is 0.316. The molecule has 0 aliphatic rings. The Hall–Kier alpha value is -1.78. The number of hydrogen-bond donors (Lipinski definition) is 1. The van der Waals surface area contributed by atoms with Crippen molar-refractivity contribution in [2.24, 2.45) is 0 Å². The topological polar surface area (TPSA) is 64.4 Å². The van der Waals surface area contributed by atoms with Crippen molar-refractivity contribution in [2.45, 2.75) is 46.1 Å². The third-order valence-electron chi connectivity index (χ3n) is 3.00. The van der Waals surface area contributed by atoms with Gasteiger partial charge in [-0.05, 0) is 38.8 Å². The Balaban J connectivity index is 3.13. The minimum absolute atomic E-state index is 0.0116. The van der Waals surface area contributed by atoms with E-state index >= 15 is 0 Å². The van der Waals surface area contributed by atoms with Crippen molar-refractivity contribution in [3.05, 3.63) is 28.3 Å². The normalized spacial score (nSPS) is 11.2. The van der Waals surface area contributed by atoms with Crippen LogP contribution in [0.15, 0.2) is 18.2 Å². The van der Waals surface area contributed by atoms with Crippen LogP contribution < -0.4 is 10.1 Å². The van der Waals surface area contributed by atoms with E-state index in [1.54, 1.807) is 18.2 Å². The van der Waals surface area contributed by atoms with E-state index in [0.717, 1.165) is 12.8 Å². The zero-order valence-electron chi connectivity index (χ0n) is 12.0. The van der Waals surface area contributed by atoms with Crippen molar-refractivity contribution in [2.75, 3.05) is 11.9 Å². The molecule has 19 heavy (non-hydrogen) atoms. The van der Waals surface area contributed by atoms with Crippen molar-refractivity contribution < 1.29 is 9.66 Å². The number of para-hydroxylation sites is 1. The molecule has 0 aliphatic carbocycles. The summed E-state index contributed by atoms with van der Waals surface area (Å²) < 4.78 is 5.45. The number of nitrogens with zero attached hydrogens (tertiary/aromatic N) is 1. The maximum Gasteiger partial charge on any atom is 0.333 e. The van der Waals surface area contributed by atoms with Crippen LogP contribution in [-0.4, -0.2) is 17.1 Å². The third kappa shape index (κ3) is 4.12. The molecular weight excluding hydrogens is 244 g/mol. The summed E-state index contributed by atoms with van der Waals surface area (Å²) in [6.07, 6.45) is 1.68. The van der Waals surface area contributed by atoms with Crippen LogP contribution in [0, 0.1) is 10.1 Å². The number of hydrogen-bond acceptors (Lipinski definition) is 4. The molecule has 106 valence electrons. The van der Waals surface area contributed by atoms with E-state index in [4.69, 9.17) is 4.74 Å². The molecule has 0 aliphatic heterocycles. The highest BCUT2D eigenvalue weighted by atomic mass is 16.6. The highest BCUT2D eigenvalue weighted by Gasteiger charge is 2.25. The van der Waals surface area contributed by atoms with Crippen LogP contribution in [0.1, 0.15) is 40.5 Å². The molecule has 0 fully saturated rings. The minimum atomic E-state index is -0.390. The SMILES string of the molecule is CCCOc1cccc(NC(C)(C)CC)c1[N+](=O)[O-]. The van der Waals surface area contributed by atoms with Gasteiger partial charge in [-0.25, -0.2) is 0 Å². The zero-order chi connectivity index (χ0) is 14.5. The molecule has 0 amide bonds. The third-order valence-corrected chi connectivity index (χ3v) is 3.00. The van der Waals surface area contributed by atoms with E-state index in [1.807, 2.05) is 27.7 Å². The van der Waals surface area contributed by atoms with Gasteiger partial charge in [0.05, 0.1) is 11.5 Å². The number of ether oxygens (including phenoxy) is 1. The summed E-state index contributed by atoms with van der Waals surface area (Å²) >= 11 is 0. The molecule has 0 unspecified atom stereocenters. The second-order valence-corrected chi connectivity index (χ2v) is 5.12. The van der Waals surface area contributed by atoms with E-state index in [1.165, 1.54) is 0 Å². The molecule has 0 saturated heterocycles. The fourth-order valence-corrected chi connectivity index (χ4v) is 1.59. The molecular formula is C14H22N2O3. The lowest BCUT2D eigenvalue weighted by atomic mass is 10.0. The van der Waals surface area contributed by atoms with Gasteiger partial charge in [-0.3, -0.25) is 10.1 Å². The molecule has 1 aromatic carbocycles. The number of nitro benzene ring substituents is 1. The quantitative estimate of drug-likeness (QED) is 0.598. The predicted octanol–water partition coefficient (Wildman–Crippen LogP) is 3.98. The van der Waals surface area contributed by atoms with Crippen LogP contribution >= 0.6 is 0 Å². The lowest BCUT2D eigenvalue weighted by Gasteiger charge is -2.26. The number of anilines is 1. The Morgan fingerprint density at radius 1 is 1.37 bits per heavy atom. The fraction of sp³-hybridized carbons (Fsp3) is 0.571. The second kappa shape index (κ2) is 6.41. The molecule has 0 spiro atoms. The first-order valence-electron chi connectivity index (χ1n) is 6.59. The Labute approximate surface area is 114 Å². The molecule has 5 nitrogen and oxygen atoms in total. The van der Waals surface area contributed by atoms with Gasteiger partial charge in [-0.1, -0.05) is 19.9 Å². The van der Waals surface area contributed by atoms with Crippen molar-refractivity contribution in [1.82, 2.24) is 0 Å². The molecule has 0 bridgehead atoms. The summed E-state index contributed by atoms with van der Waals surface area (Å²) in [5, 5.41) is 14.5. The highest BCUT2D eigenvalue weighted by molar-refractivity contribution is 5.69. The van der Waals surface area contributed by atoms with Gasteiger partial charge in [0.1, 0.15) is 5.69 Å². The van der Waals surface area contributed by atoms with E-state index in [-0.39, 0.29) is 16.1 Å². The Bertz CT molecular complexity index is 444. The molecule has 0 atom stereocenters. The molecule has 0 saturated carbocycles. The molecule has 5 heteroatoms. The van der Waals surface area contributed by atoms with E-state index in [0.29, 0.717) is 18.0 Å². The summed E-state index contributed by atoms with van der Waals surface area (Å²) in [6.45, 7) is 8.50. The van der Waals surface area contributed by atoms with Crippen molar-refractivity contribution >= 4 is 11.4 Å². The van der Waals surface area contributed by atoms with Gasteiger partial charge in [0.25, 0.3) is 0 Å². The largest absolute Gasteiger partial charge is 0.487 e. The number of rotatable bonds is 7. The van der Waals surface area contributed by atoms with Crippen molar-refractivity contribution in [1.29, 1.82) is 0 Å². The Morgan fingerprint density at radius 3 is 2.58 bits per heavy atom. The molecule has 1 N–H and O–H groups in total. The summed E-state index contributed by atoms with van der Waals surface area (Å²) in [5.74, 6) is 0.323. The van der Waals surface area contributed by atoms with Gasteiger partial charge in [-0.15, -0.1) is 0 Å². The van der Waals surface area contributed by atoms with Gasteiger partial charge in [0.15, 0.2) is 5.75 Å². The van der Waals surface area contributed by atoms with Gasteiger partial charge >= 0.3 is 5.69 Å². The van der Waals surface area contributed by atoms with Gasteiger partial charge < -0.3 is 10.1 Å². The second-order valence-electron chi connectivity index (χ2n) is 5.12. The van der Waals surface area contributed by atoms with Gasteiger partial charge in [0.2, 0.25) is 0 Å². The van der Waals surface area contributed by atoms with Crippen LogP contribution in [0.3, 0.4) is 0 Å². The lowest BCUT2D eigenvalue weighted by Crippen LogP contribution is -2.30. The average Bonchev–Trinajstić information content (AvgIpc) is 2.35. The van der Waals surface area contributed by atoms with Crippen LogP contribution in [0.4, 0.5) is 11.4 Å². The van der Waals surface area contributed by atoms with Gasteiger partial charge in [0, 0.05) is 5.54 Å². The minimum Gasteiger partial charge on any atom is -0.487 e. The monoisotopic (exact) mass is 266 g/mol. The lowest BCUT2D eigenvalue weighted by molar-refractivity contribution is -0.385. The maximum atomic E-state index is 11.3. The standard InChI is InChI=1S/C14H22N2O3/c1-5-10-19-12-9-7-8-11(13(12)16(17)18)15-14(3,4)6-2/h7-9,15H,5-6,10H2,1-4H3. The summed E-state index contributed by atoms with van der Waals surface area (Å²) in [4.78, 5) is 10.9. The number of nitro groups is 1. The van der Waals surface area contributed by atoms with Crippen molar-refractivity contribution in [3.8, 4) is 5.75 Å². The van der Waals surface area contributed by atoms with E-state index in [2.05, 4.69) is 5.32 Å². The summed E-state index contributed by atoms with van der Waals surface area (Å²) in [6, 6.07) is 5.12. The van der Waals surface area contributed by atoms with Crippen molar-refractivity contribution in [3.63, 3.8) is 0 Å². The first kappa shape index (κ1) is 15.3. The smallest absolute Gasteiger partial charge is 0.333 e. The first-order chi connectivity index (χ1) is 8.91. The van der Waals surface area contributed by atoms with Crippen LogP contribution in [0.5, 0.6) is 5.75 Å². The molecule has 1 rings (SSSR count). The average molecular weight is 266 g/mol. The number of nitrogens with one attached hydrogen (secondary N) is 1. The summed E-state index contributed by atoms with van der Waals surface area (Å²) in [7, 11) is 0. The predicted molar refractivity (Wildman–Crippen MR) is 76.9 cm³/mol. The Kier molecular flexibility index (Phi) is 5.15. The molecule has 1 aromatic rings. The zero-order valence-corrected chi connectivity index (χ0v) is 12.0. The van der Waals surface area contributed by atoms with E-state index in [9.17, 15) is 10.1 Å². The molecule has 0 radical (unpaired) electrons. The molecule has 0 aromatic heterocycles. The molecule has 0 heterocycles.